The van der Waals surface area contributed by atoms with Gasteiger partial charge in [-0.25, -0.2) is 9.97 Å². The molecule has 1 saturated carbocycles. The number of nitrogens with two attached hydrogens (primary N) is 1. The number of aromatic nitrogens is 2. The van der Waals surface area contributed by atoms with Crippen molar-refractivity contribution in [2.45, 2.75) is 63.9 Å². The molecule has 5 N–H and O–H groups in total. The van der Waals surface area contributed by atoms with Gasteiger partial charge in [0.1, 0.15) is 24.2 Å². The van der Waals surface area contributed by atoms with E-state index in [2.05, 4.69) is 20.6 Å². The molecule has 1 fully saturated rings. The highest BCUT2D eigenvalue weighted by Gasteiger charge is 2.51. The van der Waals surface area contributed by atoms with Crippen molar-refractivity contribution >= 4 is 17.3 Å². The molecule has 6 nitrogen and oxygen atoms in total. The lowest BCUT2D eigenvalue weighted by Crippen LogP contribution is -2.41. The lowest BCUT2D eigenvalue weighted by atomic mass is 9.74. The van der Waals surface area contributed by atoms with Gasteiger partial charge in [0, 0.05) is 16.7 Å². The minimum Gasteiger partial charge on any atom is -0.383 e. The average molecular weight is 407 g/mol. The summed E-state index contributed by atoms with van der Waals surface area (Å²) in [4.78, 5) is 7.93. The number of hydrogen-bond acceptors (Lipinski definition) is 6. The first-order valence-corrected chi connectivity index (χ1v) is 9.69. The van der Waals surface area contributed by atoms with Gasteiger partial charge in [-0.3, -0.25) is 5.32 Å². The van der Waals surface area contributed by atoms with Gasteiger partial charge in [0.15, 0.2) is 0 Å². The number of hydrogen-bond donors (Lipinski definition) is 4. The number of aryl methyl sites for hydroxylation is 1. The van der Waals surface area contributed by atoms with Crippen LogP contribution in [0.15, 0.2) is 12.4 Å². The number of halogens is 3. The molecule has 1 aromatic carbocycles. The van der Waals surface area contributed by atoms with Gasteiger partial charge in [-0.15, -0.1) is 0 Å². The molecule has 1 atom stereocenters. The first-order valence-electron chi connectivity index (χ1n) is 9.69. The minimum absolute atomic E-state index is 0.0872. The molecule has 0 amide bonds. The van der Waals surface area contributed by atoms with Crippen LogP contribution in [0, 0.1) is 13.8 Å². The minimum atomic E-state index is -4.61. The Labute approximate surface area is 166 Å². The second-order valence-electron chi connectivity index (χ2n) is 7.95. The van der Waals surface area contributed by atoms with Gasteiger partial charge < -0.3 is 16.2 Å². The molecule has 2 aromatic rings. The maximum absolute atomic E-state index is 14.4. The molecule has 0 bridgehead atoms. The number of alkyl halides is 3. The van der Waals surface area contributed by atoms with Crippen molar-refractivity contribution in [3.05, 3.63) is 40.2 Å². The maximum Gasteiger partial charge on any atom is 0.418 e. The second kappa shape index (κ2) is 6.84. The molecule has 4 rings (SSSR count). The van der Waals surface area contributed by atoms with Crippen molar-refractivity contribution in [3.63, 3.8) is 0 Å². The largest absolute Gasteiger partial charge is 0.418 e. The number of nitrogens with one attached hydrogen (secondary N) is 2. The molecular weight excluding hydrogens is 383 g/mol. The fourth-order valence-electron chi connectivity index (χ4n) is 4.75. The van der Waals surface area contributed by atoms with Crippen LogP contribution in [0.4, 0.5) is 30.5 Å². The van der Waals surface area contributed by atoms with Gasteiger partial charge >= 0.3 is 6.18 Å². The quantitative estimate of drug-likeness (QED) is 0.596. The first-order chi connectivity index (χ1) is 13.6. The third-order valence-corrected chi connectivity index (χ3v) is 6.11. The van der Waals surface area contributed by atoms with Crippen LogP contribution < -0.4 is 16.4 Å². The molecule has 2 heterocycles. The number of fused-ring (bicyclic) bond motifs is 2. The summed E-state index contributed by atoms with van der Waals surface area (Å²) >= 11 is 0. The smallest absolute Gasteiger partial charge is 0.383 e. The normalized spacial score (nSPS) is 20.7. The maximum atomic E-state index is 14.4. The molecule has 1 unspecified atom stereocenters. The molecule has 9 heteroatoms. The molecular formula is C20H24F3N5O. The van der Waals surface area contributed by atoms with E-state index in [1.165, 1.54) is 12.4 Å². The molecule has 0 saturated heterocycles. The summed E-state index contributed by atoms with van der Waals surface area (Å²) in [7, 11) is 0. The summed E-state index contributed by atoms with van der Waals surface area (Å²) in [5.41, 5.74) is 5.65. The van der Waals surface area contributed by atoms with E-state index >= 15 is 0 Å². The highest BCUT2D eigenvalue weighted by atomic mass is 19.4. The molecule has 2 aliphatic rings. The molecule has 1 aromatic heterocycles. The van der Waals surface area contributed by atoms with Gasteiger partial charge in [0.25, 0.3) is 0 Å². The number of nitrogen functional groups attached to an aromatic ring is 1. The van der Waals surface area contributed by atoms with Gasteiger partial charge in [-0.2, -0.15) is 13.2 Å². The molecule has 156 valence electrons. The lowest BCUT2D eigenvalue weighted by Gasteiger charge is -2.37. The zero-order chi connectivity index (χ0) is 21.0. The Morgan fingerprint density at radius 2 is 1.90 bits per heavy atom. The number of rotatable bonds is 2. The number of nitrogens with zero attached hydrogens (tertiary/aromatic N) is 2. The first kappa shape index (κ1) is 19.9. The zero-order valence-corrected chi connectivity index (χ0v) is 16.3. The van der Waals surface area contributed by atoms with Crippen molar-refractivity contribution in [2.24, 2.45) is 0 Å². The van der Waals surface area contributed by atoms with Crippen molar-refractivity contribution in [1.29, 1.82) is 0 Å². The van der Waals surface area contributed by atoms with Crippen molar-refractivity contribution in [3.8, 4) is 0 Å². The lowest BCUT2D eigenvalue weighted by molar-refractivity contribution is -0.138. The van der Waals surface area contributed by atoms with Crippen LogP contribution in [0.2, 0.25) is 0 Å². The van der Waals surface area contributed by atoms with Gasteiger partial charge in [0.05, 0.1) is 11.3 Å². The molecule has 29 heavy (non-hydrogen) atoms. The Hall–Kier alpha value is -2.39. The Balaban J connectivity index is 1.95. The Morgan fingerprint density at radius 1 is 1.21 bits per heavy atom. The van der Waals surface area contributed by atoms with E-state index in [9.17, 15) is 18.3 Å². The fraction of sp³-hybridized carbons (Fsp3) is 0.500. The summed E-state index contributed by atoms with van der Waals surface area (Å²) in [6.07, 6.45) is -0.787. The van der Waals surface area contributed by atoms with Crippen LogP contribution in [0.5, 0.6) is 0 Å². The number of anilines is 3. The zero-order valence-electron chi connectivity index (χ0n) is 16.3. The third-order valence-electron chi connectivity index (χ3n) is 6.11. The van der Waals surface area contributed by atoms with Crippen LogP contribution in [0.1, 0.15) is 66.1 Å². The van der Waals surface area contributed by atoms with Crippen LogP contribution in [-0.2, 0) is 11.7 Å². The van der Waals surface area contributed by atoms with E-state index < -0.39 is 23.5 Å². The van der Waals surface area contributed by atoms with Crippen LogP contribution in [0.3, 0.4) is 0 Å². The van der Waals surface area contributed by atoms with Crippen LogP contribution in [-0.4, -0.2) is 15.1 Å². The van der Waals surface area contributed by atoms with E-state index in [-0.39, 0.29) is 22.9 Å². The predicted octanol–water partition coefficient (Wildman–Crippen LogP) is 4.19. The Morgan fingerprint density at radius 3 is 2.55 bits per heavy atom. The highest BCUT2D eigenvalue weighted by molar-refractivity contribution is 5.71. The highest BCUT2D eigenvalue weighted by Crippen LogP contribution is 2.53. The van der Waals surface area contributed by atoms with Crippen LogP contribution in [0.25, 0.3) is 0 Å². The predicted molar refractivity (Wildman–Crippen MR) is 104 cm³/mol. The van der Waals surface area contributed by atoms with Gasteiger partial charge in [-0.1, -0.05) is 19.3 Å². The summed E-state index contributed by atoms with van der Waals surface area (Å²) in [6, 6.07) is 1.42. The molecule has 1 aliphatic heterocycles. The topological polar surface area (TPSA) is 96.1 Å². The van der Waals surface area contributed by atoms with Crippen molar-refractivity contribution in [2.75, 3.05) is 11.1 Å². The van der Waals surface area contributed by atoms with Gasteiger partial charge in [0.2, 0.25) is 0 Å². The number of aliphatic hydroxyl groups is 1. The van der Waals surface area contributed by atoms with Crippen molar-refractivity contribution < 1.29 is 18.3 Å². The fourth-order valence-corrected chi connectivity index (χ4v) is 4.75. The number of benzene rings is 1. The summed E-state index contributed by atoms with van der Waals surface area (Å²) in [6.45, 7) is 3.37. The summed E-state index contributed by atoms with van der Waals surface area (Å²) in [5, 5.41) is 16.5. The second-order valence-corrected chi connectivity index (χ2v) is 7.95. The van der Waals surface area contributed by atoms with Gasteiger partial charge in [-0.05, 0) is 43.9 Å². The SMILES string of the molecule is Cc1cc(Nc2ncnc(N)c2C)c(C(F)(F)F)c2c1C(O)NC21CCCCC1. The molecule has 1 aliphatic carbocycles. The standard InChI is InChI=1S/C20H24F3N5O/c1-10-8-12(27-17-11(2)16(24)25-9-26-17)14(20(21,22)23)15-13(10)18(29)28-19(15)6-4-3-5-7-19/h8-9,18,28-29H,3-7H2,1-2H3,(H3,24,25,26,27). The molecule has 1 spiro atoms. The Bertz CT molecular complexity index is 954. The van der Waals surface area contributed by atoms with E-state index in [0.29, 0.717) is 29.5 Å². The molecule has 0 radical (unpaired) electrons. The van der Waals surface area contributed by atoms with E-state index in [0.717, 1.165) is 19.3 Å². The summed E-state index contributed by atoms with van der Waals surface area (Å²) < 4.78 is 43.1. The van der Waals surface area contributed by atoms with E-state index in [1.807, 2.05) is 0 Å². The number of aliphatic hydroxyl groups excluding tert-OH is 1. The third kappa shape index (κ3) is 3.22. The summed E-state index contributed by atoms with van der Waals surface area (Å²) in [5.74, 6) is 0.432. The van der Waals surface area contributed by atoms with Crippen molar-refractivity contribution in [1.82, 2.24) is 15.3 Å². The Kier molecular flexibility index (Phi) is 4.70. The van der Waals surface area contributed by atoms with E-state index in [1.54, 1.807) is 13.8 Å². The monoisotopic (exact) mass is 407 g/mol. The average Bonchev–Trinajstić information content (AvgIpc) is 2.91. The van der Waals surface area contributed by atoms with E-state index in [4.69, 9.17) is 5.73 Å². The van der Waals surface area contributed by atoms with Crippen LogP contribution >= 0.6 is 0 Å².